The van der Waals surface area contributed by atoms with Crippen molar-refractivity contribution in [3.05, 3.63) is 0 Å². The molecule has 4 nitrogen and oxygen atoms in total. The predicted molar refractivity (Wildman–Crippen MR) is 89.3 cm³/mol. The molecule has 2 atom stereocenters. The van der Waals surface area contributed by atoms with Gasteiger partial charge in [0.15, 0.2) is 0 Å². The molecule has 122 valence electrons. The van der Waals surface area contributed by atoms with Crippen LogP contribution in [0.1, 0.15) is 52.9 Å². The predicted octanol–water partition coefficient (Wildman–Crippen LogP) is 2.46. The van der Waals surface area contributed by atoms with E-state index in [0.29, 0.717) is 0 Å². The van der Waals surface area contributed by atoms with Crippen LogP contribution in [0.3, 0.4) is 0 Å². The van der Waals surface area contributed by atoms with Gasteiger partial charge >= 0.3 is 0 Å². The molecule has 2 unspecified atom stereocenters. The first-order chi connectivity index (χ1) is 10.1. The highest BCUT2D eigenvalue weighted by Crippen LogP contribution is 2.19. The molecule has 0 aromatic carbocycles. The Labute approximate surface area is 131 Å². The second-order valence-corrected chi connectivity index (χ2v) is 6.37. The van der Waals surface area contributed by atoms with E-state index < -0.39 is 0 Å². The van der Waals surface area contributed by atoms with Crippen LogP contribution in [0.25, 0.3) is 0 Å². The summed E-state index contributed by atoms with van der Waals surface area (Å²) in [6.07, 6.45) is 5.60. The van der Waals surface area contributed by atoms with Crippen LogP contribution in [0.5, 0.6) is 0 Å². The zero-order chi connectivity index (χ0) is 15.7. The van der Waals surface area contributed by atoms with Crippen molar-refractivity contribution < 1.29 is 0 Å². The van der Waals surface area contributed by atoms with Crippen LogP contribution in [0, 0.1) is 11.3 Å². The molecular formula is C17H34N4. The van der Waals surface area contributed by atoms with Crippen molar-refractivity contribution >= 4 is 0 Å². The quantitative estimate of drug-likeness (QED) is 0.672. The minimum absolute atomic E-state index is 0.321. The van der Waals surface area contributed by atoms with Gasteiger partial charge in [0.1, 0.15) is 5.54 Å². The second kappa shape index (κ2) is 9.40. The fourth-order valence-corrected chi connectivity index (χ4v) is 3.52. The van der Waals surface area contributed by atoms with E-state index in [1.54, 1.807) is 0 Å². The monoisotopic (exact) mass is 294 g/mol. The summed E-state index contributed by atoms with van der Waals surface area (Å²) >= 11 is 0. The van der Waals surface area contributed by atoms with Crippen LogP contribution in [-0.4, -0.2) is 61.2 Å². The van der Waals surface area contributed by atoms with Crippen LogP contribution >= 0.6 is 0 Å². The maximum atomic E-state index is 9.44. The Morgan fingerprint density at radius 2 is 2.14 bits per heavy atom. The smallest absolute Gasteiger partial charge is 0.106 e. The van der Waals surface area contributed by atoms with E-state index in [0.717, 1.165) is 38.4 Å². The molecule has 1 N–H and O–H groups in total. The molecule has 0 amide bonds. The Morgan fingerprint density at radius 3 is 2.71 bits per heavy atom. The molecule has 1 saturated heterocycles. The summed E-state index contributed by atoms with van der Waals surface area (Å²) in [6.45, 7) is 12.0. The second-order valence-electron chi connectivity index (χ2n) is 6.37. The minimum Gasteiger partial charge on any atom is -0.305 e. The van der Waals surface area contributed by atoms with Crippen LogP contribution in [0.15, 0.2) is 0 Å². The number of nitriles is 1. The van der Waals surface area contributed by atoms with Gasteiger partial charge in [0.25, 0.3) is 0 Å². The molecule has 0 aromatic rings. The van der Waals surface area contributed by atoms with Gasteiger partial charge in [0, 0.05) is 12.6 Å². The summed E-state index contributed by atoms with van der Waals surface area (Å²) in [6, 6.07) is 3.23. The minimum atomic E-state index is -0.321. The van der Waals surface area contributed by atoms with E-state index in [-0.39, 0.29) is 5.54 Å². The first-order valence-electron chi connectivity index (χ1n) is 8.69. The summed E-state index contributed by atoms with van der Waals surface area (Å²) in [5.74, 6) is 0. The summed E-state index contributed by atoms with van der Waals surface area (Å²) in [5, 5.41) is 12.8. The molecule has 21 heavy (non-hydrogen) atoms. The van der Waals surface area contributed by atoms with Gasteiger partial charge in [0.2, 0.25) is 0 Å². The maximum Gasteiger partial charge on any atom is 0.106 e. The van der Waals surface area contributed by atoms with E-state index in [1.165, 1.54) is 32.5 Å². The molecule has 1 fully saturated rings. The summed E-state index contributed by atoms with van der Waals surface area (Å²) in [7, 11) is 2.22. The Bertz CT molecular complexity index is 325. The SMILES string of the molecule is CCNC(C#N)(CC)CCCN(C)CC1CCCN1CC. The lowest BCUT2D eigenvalue weighted by Gasteiger charge is -2.29. The number of likely N-dealkylation sites (N-methyl/N-ethyl adjacent to an activating group) is 2. The number of nitrogens with one attached hydrogen (secondary N) is 1. The number of nitrogens with zero attached hydrogens (tertiary/aromatic N) is 3. The third kappa shape index (κ3) is 5.58. The van der Waals surface area contributed by atoms with Crippen molar-refractivity contribution in [2.45, 2.75) is 64.5 Å². The van der Waals surface area contributed by atoms with E-state index in [2.05, 4.69) is 49.0 Å². The zero-order valence-corrected chi connectivity index (χ0v) is 14.5. The van der Waals surface area contributed by atoms with Gasteiger partial charge in [-0.25, -0.2) is 0 Å². The first kappa shape index (κ1) is 18.4. The highest BCUT2D eigenvalue weighted by Gasteiger charge is 2.27. The largest absolute Gasteiger partial charge is 0.305 e. The Kier molecular flexibility index (Phi) is 8.24. The molecule has 1 aliphatic rings. The van der Waals surface area contributed by atoms with E-state index >= 15 is 0 Å². The van der Waals surface area contributed by atoms with Crippen LogP contribution in [0.4, 0.5) is 0 Å². The van der Waals surface area contributed by atoms with Crippen LogP contribution in [0.2, 0.25) is 0 Å². The number of hydrogen-bond acceptors (Lipinski definition) is 4. The van der Waals surface area contributed by atoms with Gasteiger partial charge in [-0.05, 0) is 65.3 Å². The molecule has 0 saturated carbocycles. The van der Waals surface area contributed by atoms with Crippen molar-refractivity contribution in [1.82, 2.24) is 15.1 Å². The lowest BCUT2D eigenvalue weighted by molar-refractivity contribution is 0.194. The molecule has 1 heterocycles. The number of rotatable bonds is 10. The molecule has 0 spiro atoms. The number of hydrogen-bond donors (Lipinski definition) is 1. The van der Waals surface area contributed by atoms with Crippen LogP contribution in [-0.2, 0) is 0 Å². The van der Waals surface area contributed by atoms with Gasteiger partial charge in [-0.1, -0.05) is 20.8 Å². The van der Waals surface area contributed by atoms with E-state index in [9.17, 15) is 5.26 Å². The van der Waals surface area contributed by atoms with Gasteiger partial charge < -0.3 is 4.90 Å². The normalized spacial score (nSPS) is 22.4. The fraction of sp³-hybridized carbons (Fsp3) is 0.941. The van der Waals surface area contributed by atoms with Crippen LogP contribution < -0.4 is 5.32 Å². The lowest BCUT2D eigenvalue weighted by atomic mass is 9.92. The third-order valence-corrected chi connectivity index (χ3v) is 4.90. The van der Waals surface area contributed by atoms with Crippen molar-refractivity contribution in [3.8, 4) is 6.07 Å². The average Bonchev–Trinajstić information content (AvgIpc) is 2.93. The number of likely N-dealkylation sites (tertiary alicyclic amines) is 1. The third-order valence-electron chi connectivity index (χ3n) is 4.90. The Morgan fingerprint density at radius 1 is 1.38 bits per heavy atom. The van der Waals surface area contributed by atoms with Gasteiger partial charge in [-0.2, -0.15) is 5.26 Å². The molecule has 1 rings (SSSR count). The van der Waals surface area contributed by atoms with Crippen molar-refractivity contribution in [2.75, 3.05) is 39.8 Å². The van der Waals surface area contributed by atoms with Crippen molar-refractivity contribution in [1.29, 1.82) is 5.26 Å². The standard InChI is InChI=1S/C17H34N4/c1-5-17(15-18,19-6-2)11-9-12-20(4)14-16-10-8-13-21(16)7-3/h16,19H,5-14H2,1-4H3. The average molecular weight is 294 g/mol. The summed E-state index contributed by atoms with van der Waals surface area (Å²) in [5.41, 5.74) is -0.321. The molecule has 1 aliphatic heterocycles. The molecule has 0 aliphatic carbocycles. The van der Waals surface area contributed by atoms with Gasteiger partial charge in [-0.3, -0.25) is 10.2 Å². The molecule has 0 radical (unpaired) electrons. The molecular weight excluding hydrogens is 260 g/mol. The van der Waals surface area contributed by atoms with E-state index in [1.807, 2.05) is 0 Å². The Hall–Kier alpha value is -0.630. The fourth-order valence-electron chi connectivity index (χ4n) is 3.52. The van der Waals surface area contributed by atoms with Crippen molar-refractivity contribution in [2.24, 2.45) is 0 Å². The molecule has 0 aromatic heterocycles. The Balaban J connectivity index is 2.32. The summed E-state index contributed by atoms with van der Waals surface area (Å²) in [4.78, 5) is 5.04. The highest BCUT2D eigenvalue weighted by molar-refractivity contribution is 5.06. The summed E-state index contributed by atoms with van der Waals surface area (Å²) < 4.78 is 0. The van der Waals surface area contributed by atoms with Crippen molar-refractivity contribution in [3.63, 3.8) is 0 Å². The first-order valence-corrected chi connectivity index (χ1v) is 8.69. The maximum absolute atomic E-state index is 9.44. The molecule has 0 bridgehead atoms. The van der Waals surface area contributed by atoms with E-state index in [4.69, 9.17) is 0 Å². The molecule has 4 heteroatoms. The van der Waals surface area contributed by atoms with Gasteiger partial charge in [-0.15, -0.1) is 0 Å². The van der Waals surface area contributed by atoms with Gasteiger partial charge in [0.05, 0.1) is 6.07 Å². The highest BCUT2D eigenvalue weighted by atomic mass is 15.2. The lowest BCUT2D eigenvalue weighted by Crippen LogP contribution is -2.44. The zero-order valence-electron chi connectivity index (χ0n) is 14.5. The topological polar surface area (TPSA) is 42.3 Å².